The molecule has 0 spiro atoms. The predicted molar refractivity (Wildman–Crippen MR) is 78.2 cm³/mol. The van der Waals surface area contributed by atoms with Gasteiger partial charge in [0, 0.05) is 5.56 Å². The number of carbonyl (C=O) groups excluding carboxylic acids is 2. The van der Waals surface area contributed by atoms with Crippen LogP contribution in [0.4, 0.5) is 0 Å². The van der Waals surface area contributed by atoms with Crippen molar-refractivity contribution < 1.29 is 14.3 Å². The number of methoxy groups -OCH3 is 1. The van der Waals surface area contributed by atoms with Gasteiger partial charge in [-0.2, -0.15) is 0 Å². The molecule has 0 amide bonds. The first-order chi connectivity index (χ1) is 9.72. The highest BCUT2D eigenvalue weighted by atomic mass is 16.5. The molecule has 0 atom stereocenters. The molecule has 0 heterocycles. The Morgan fingerprint density at radius 1 is 0.900 bits per heavy atom. The van der Waals surface area contributed by atoms with Crippen LogP contribution in [-0.4, -0.2) is 18.9 Å². The zero-order chi connectivity index (χ0) is 14.4. The molecule has 0 N–H and O–H groups in total. The van der Waals surface area contributed by atoms with Gasteiger partial charge >= 0.3 is 5.97 Å². The van der Waals surface area contributed by atoms with Crippen LogP contribution in [0.2, 0.25) is 0 Å². The van der Waals surface area contributed by atoms with Crippen molar-refractivity contribution in [2.75, 3.05) is 7.11 Å². The van der Waals surface area contributed by atoms with Gasteiger partial charge < -0.3 is 4.74 Å². The van der Waals surface area contributed by atoms with E-state index in [9.17, 15) is 9.59 Å². The Morgan fingerprint density at radius 3 is 2.25 bits per heavy atom. The van der Waals surface area contributed by atoms with Crippen molar-refractivity contribution in [3.63, 3.8) is 0 Å². The van der Waals surface area contributed by atoms with Crippen LogP contribution in [0.1, 0.15) is 21.5 Å². The fourth-order valence-electron chi connectivity index (χ4n) is 1.80. The SMILES string of the molecule is COC(=O)C(=O)c1ccccc1/C=C\c1ccccc1. The summed E-state index contributed by atoms with van der Waals surface area (Å²) in [6, 6.07) is 16.7. The second kappa shape index (κ2) is 6.48. The van der Waals surface area contributed by atoms with Gasteiger partial charge in [-0.05, 0) is 11.1 Å². The van der Waals surface area contributed by atoms with Crippen LogP contribution in [-0.2, 0) is 9.53 Å². The summed E-state index contributed by atoms with van der Waals surface area (Å²) in [6.45, 7) is 0. The minimum absolute atomic E-state index is 0.339. The lowest BCUT2D eigenvalue weighted by molar-refractivity contribution is -0.135. The van der Waals surface area contributed by atoms with Gasteiger partial charge in [0.15, 0.2) is 0 Å². The van der Waals surface area contributed by atoms with Crippen molar-refractivity contribution in [1.29, 1.82) is 0 Å². The number of hydrogen-bond acceptors (Lipinski definition) is 3. The van der Waals surface area contributed by atoms with Crippen molar-refractivity contribution in [2.45, 2.75) is 0 Å². The summed E-state index contributed by atoms with van der Waals surface area (Å²) < 4.78 is 4.47. The molecule has 0 aliphatic rings. The standard InChI is InChI=1S/C17H14O3/c1-20-17(19)16(18)15-10-6-5-9-14(15)12-11-13-7-3-2-4-8-13/h2-12H,1H3/b12-11-. The monoisotopic (exact) mass is 266 g/mol. The van der Waals surface area contributed by atoms with Gasteiger partial charge in [-0.25, -0.2) is 4.79 Å². The molecule has 3 nitrogen and oxygen atoms in total. The van der Waals surface area contributed by atoms with E-state index in [4.69, 9.17) is 0 Å². The van der Waals surface area contributed by atoms with Crippen LogP contribution < -0.4 is 0 Å². The van der Waals surface area contributed by atoms with Crippen LogP contribution in [0.15, 0.2) is 54.6 Å². The minimum atomic E-state index is -0.856. The predicted octanol–water partition coefficient (Wildman–Crippen LogP) is 3.21. The first kappa shape index (κ1) is 13.7. The molecule has 0 fully saturated rings. The van der Waals surface area contributed by atoms with Crippen LogP contribution >= 0.6 is 0 Å². The molecule has 0 bridgehead atoms. The average molecular weight is 266 g/mol. The summed E-state index contributed by atoms with van der Waals surface area (Å²) in [5.41, 5.74) is 2.05. The van der Waals surface area contributed by atoms with E-state index >= 15 is 0 Å². The lowest BCUT2D eigenvalue weighted by Gasteiger charge is -2.03. The topological polar surface area (TPSA) is 43.4 Å². The highest BCUT2D eigenvalue weighted by Crippen LogP contribution is 2.14. The van der Waals surface area contributed by atoms with Gasteiger partial charge in [-0.3, -0.25) is 4.79 Å². The number of ether oxygens (including phenoxy) is 1. The quantitative estimate of drug-likeness (QED) is 0.369. The molecule has 20 heavy (non-hydrogen) atoms. The second-order valence-electron chi connectivity index (χ2n) is 4.15. The maximum absolute atomic E-state index is 11.9. The molecule has 2 aromatic rings. The van der Waals surface area contributed by atoms with Gasteiger partial charge in [0.25, 0.3) is 5.78 Å². The third-order valence-electron chi connectivity index (χ3n) is 2.83. The molecule has 0 saturated carbocycles. The van der Waals surface area contributed by atoms with Gasteiger partial charge in [0.1, 0.15) is 0 Å². The van der Waals surface area contributed by atoms with Gasteiger partial charge in [0.2, 0.25) is 0 Å². The summed E-state index contributed by atoms with van der Waals surface area (Å²) in [6.07, 6.45) is 3.70. The van der Waals surface area contributed by atoms with E-state index in [-0.39, 0.29) is 0 Å². The first-order valence-electron chi connectivity index (χ1n) is 6.17. The highest BCUT2D eigenvalue weighted by Gasteiger charge is 2.18. The van der Waals surface area contributed by atoms with E-state index in [1.54, 1.807) is 18.2 Å². The Labute approximate surface area is 117 Å². The Hall–Kier alpha value is -2.68. The molecule has 0 aromatic heterocycles. The fourth-order valence-corrected chi connectivity index (χ4v) is 1.80. The van der Waals surface area contributed by atoms with E-state index in [2.05, 4.69) is 4.74 Å². The van der Waals surface area contributed by atoms with Crippen molar-refractivity contribution in [2.24, 2.45) is 0 Å². The van der Waals surface area contributed by atoms with E-state index in [0.29, 0.717) is 11.1 Å². The molecule has 100 valence electrons. The van der Waals surface area contributed by atoms with Crippen LogP contribution in [0.5, 0.6) is 0 Å². The van der Waals surface area contributed by atoms with Crippen molar-refractivity contribution >= 4 is 23.9 Å². The average Bonchev–Trinajstić information content (AvgIpc) is 2.52. The molecular weight excluding hydrogens is 252 g/mol. The van der Waals surface area contributed by atoms with Crippen molar-refractivity contribution in [3.05, 3.63) is 71.3 Å². The van der Waals surface area contributed by atoms with E-state index in [1.807, 2.05) is 48.6 Å². The van der Waals surface area contributed by atoms with Crippen LogP contribution in [0.3, 0.4) is 0 Å². The first-order valence-corrected chi connectivity index (χ1v) is 6.17. The minimum Gasteiger partial charge on any atom is -0.463 e. The summed E-state index contributed by atoms with van der Waals surface area (Å²) in [7, 11) is 1.20. The summed E-state index contributed by atoms with van der Waals surface area (Å²) in [4.78, 5) is 23.2. The molecule has 2 aromatic carbocycles. The Bertz CT molecular complexity index is 642. The lowest BCUT2D eigenvalue weighted by atomic mass is 10.0. The number of esters is 1. The molecule has 0 unspecified atom stereocenters. The largest absolute Gasteiger partial charge is 0.463 e. The maximum atomic E-state index is 11.9. The normalized spacial score (nSPS) is 10.4. The summed E-state index contributed by atoms with van der Waals surface area (Å²) in [5.74, 6) is -1.49. The Balaban J connectivity index is 2.31. The lowest BCUT2D eigenvalue weighted by Crippen LogP contribution is -2.16. The van der Waals surface area contributed by atoms with E-state index in [1.165, 1.54) is 7.11 Å². The maximum Gasteiger partial charge on any atom is 0.379 e. The van der Waals surface area contributed by atoms with Crippen molar-refractivity contribution in [3.8, 4) is 0 Å². The molecule has 0 radical (unpaired) electrons. The molecule has 0 saturated heterocycles. The number of Topliss-reactive ketones (excluding diaryl/α,β-unsaturated/α-hetero) is 1. The molecule has 0 aliphatic carbocycles. The second-order valence-corrected chi connectivity index (χ2v) is 4.15. The van der Waals surface area contributed by atoms with E-state index in [0.717, 1.165) is 5.56 Å². The molecular formula is C17H14O3. The molecule has 3 heteroatoms. The number of hydrogen-bond donors (Lipinski definition) is 0. The Kier molecular flexibility index (Phi) is 4.45. The molecule has 2 rings (SSSR count). The smallest absolute Gasteiger partial charge is 0.379 e. The summed E-state index contributed by atoms with van der Waals surface area (Å²) in [5, 5.41) is 0. The van der Waals surface area contributed by atoms with Gasteiger partial charge in [0.05, 0.1) is 7.11 Å². The number of rotatable bonds is 4. The zero-order valence-corrected chi connectivity index (χ0v) is 11.1. The van der Waals surface area contributed by atoms with Gasteiger partial charge in [-0.15, -0.1) is 0 Å². The zero-order valence-electron chi connectivity index (χ0n) is 11.1. The number of benzene rings is 2. The number of carbonyl (C=O) groups is 2. The van der Waals surface area contributed by atoms with Crippen LogP contribution in [0.25, 0.3) is 12.2 Å². The van der Waals surface area contributed by atoms with Gasteiger partial charge in [-0.1, -0.05) is 66.7 Å². The number of ketones is 1. The summed E-state index contributed by atoms with van der Waals surface area (Å²) >= 11 is 0. The van der Waals surface area contributed by atoms with Crippen molar-refractivity contribution in [1.82, 2.24) is 0 Å². The fraction of sp³-hybridized carbons (Fsp3) is 0.0588. The Morgan fingerprint density at radius 2 is 1.55 bits per heavy atom. The third-order valence-corrected chi connectivity index (χ3v) is 2.83. The third kappa shape index (κ3) is 3.20. The highest BCUT2D eigenvalue weighted by molar-refractivity contribution is 6.41. The molecule has 0 aliphatic heterocycles. The van der Waals surface area contributed by atoms with Crippen LogP contribution in [0, 0.1) is 0 Å². The van der Waals surface area contributed by atoms with E-state index < -0.39 is 11.8 Å².